The molecule has 84 valence electrons. The highest BCUT2D eigenvalue weighted by Gasteiger charge is 2.12. The molecule has 0 aliphatic carbocycles. The summed E-state index contributed by atoms with van der Waals surface area (Å²) in [6.07, 6.45) is 1.64. The zero-order chi connectivity index (χ0) is 11.7. The first kappa shape index (κ1) is 10.7. The molecule has 2 aromatic rings. The van der Waals surface area contributed by atoms with Gasteiger partial charge in [0.15, 0.2) is 0 Å². The maximum absolute atomic E-state index is 10.7. The second-order valence-corrected chi connectivity index (χ2v) is 4.18. The van der Waals surface area contributed by atoms with Gasteiger partial charge in [0.2, 0.25) is 5.95 Å². The molecule has 2 rings (SSSR count). The molecule has 0 fully saturated rings. The number of nitrogens with zero attached hydrogens (tertiary/aromatic N) is 3. The van der Waals surface area contributed by atoms with Crippen LogP contribution in [-0.2, 0) is 4.79 Å². The van der Waals surface area contributed by atoms with Gasteiger partial charge in [-0.05, 0) is 25.4 Å². The van der Waals surface area contributed by atoms with Crippen LogP contribution in [0.5, 0.6) is 0 Å². The first-order chi connectivity index (χ1) is 7.58. The lowest BCUT2D eigenvalue weighted by Crippen LogP contribution is -2.26. The molecule has 0 saturated carbocycles. The predicted molar refractivity (Wildman–Crippen MR) is 60.7 cm³/mol. The Kier molecular flexibility index (Phi) is 2.69. The van der Waals surface area contributed by atoms with Gasteiger partial charge in [-0.15, -0.1) is 0 Å². The molecule has 0 aliphatic heterocycles. The van der Waals surface area contributed by atoms with E-state index in [4.69, 9.17) is 5.11 Å². The van der Waals surface area contributed by atoms with E-state index in [9.17, 15) is 4.79 Å². The molecule has 0 radical (unpaired) electrons. The SMILES string of the molecule is Cc1nsc2cnc(NC(C)C(=O)O)nc12. The minimum atomic E-state index is -0.941. The second-order valence-electron chi connectivity index (χ2n) is 3.38. The van der Waals surface area contributed by atoms with Gasteiger partial charge < -0.3 is 10.4 Å². The van der Waals surface area contributed by atoms with Crippen LogP contribution < -0.4 is 5.32 Å². The third kappa shape index (κ3) is 1.94. The van der Waals surface area contributed by atoms with Crippen molar-refractivity contribution in [2.24, 2.45) is 0 Å². The van der Waals surface area contributed by atoms with Crippen molar-refractivity contribution < 1.29 is 9.90 Å². The molecule has 0 bridgehead atoms. The van der Waals surface area contributed by atoms with E-state index in [1.807, 2.05) is 6.92 Å². The summed E-state index contributed by atoms with van der Waals surface area (Å²) in [5, 5.41) is 11.4. The summed E-state index contributed by atoms with van der Waals surface area (Å²) in [6, 6.07) is -0.718. The minimum absolute atomic E-state index is 0.311. The molecule has 7 heteroatoms. The Labute approximate surface area is 95.5 Å². The normalized spacial score (nSPS) is 12.6. The molecule has 16 heavy (non-hydrogen) atoms. The highest BCUT2D eigenvalue weighted by molar-refractivity contribution is 7.13. The number of anilines is 1. The summed E-state index contributed by atoms with van der Waals surface area (Å²) in [4.78, 5) is 18.9. The van der Waals surface area contributed by atoms with Crippen molar-refractivity contribution in [3.63, 3.8) is 0 Å². The van der Waals surface area contributed by atoms with E-state index in [-0.39, 0.29) is 0 Å². The highest BCUT2D eigenvalue weighted by atomic mass is 32.1. The number of hydrogen-bond donors (Lipinski definition) is 2. The topological polar surface area (TPSA) is 88.0 Å². The highest BCUT2D eigenvalue weighted by Crippen LogP contribution is 2.20. The van der Waals surface area contributed by atoms with Crippen molar-refractivity contribution in [2.75, 3.05) is 5.32 Å². The predicted octanol–water partition coefficient (Wildman–Crippen LogP) is 1.28. The molecule has 1 unspecified atom stereocenters. The van der Waals surface area contributed by atoms with Gasteiger partial charge >= 0.3 is 5.97 Å². The van der Waals surface area contributed by atoms with Crippen molar-refractivity contribution in [3.8, 4) is 0 Å². The fraction of sp³-hybridized carbons (Fsp3) is 0.333. The number of carboxylic acids is 1. The summed E-state index contributed by atoms with van der Waals surface area (Å²) in [7, 11) is 0. The van der Waals surface area contributed by atoms with Gasteiger partial charge in [0.1, 0.15) is 11.6 Å². The van der Waals surface area contributed by atoms with E-state index in [0.717, 1.165) is 15.9 Å². The van der Waals surface area contributed by atoms with Crippen LogP contribution in [0.15, 0.2) is 6.20 Å². The second kappa shape index (κ2) is 4.01. The standard InChI is InChI=1S/C9H10N4O2S/c1-4-7-6(16-13-4)3-10-9(12-7)11-5(2)8(14)15/h3,5H,1-2H3,(H,14,15)(H,10,11,12). The van der Waals surface area contributed by atoms with Crippen LogP contribution in [0.25, 0.3) is 10.2 Å². The molecule has 0 aliphatic rings. The van der Waals surface area contributed by atoms with E-state index < -0.39 is 12.0 Å². The molecular formula is C9H10N4O2S. The lowest BCUT2D eigenvalue weighted by Gasteiger charge is -2.08. The van der Waals surface area contributed by atoms with Gasteiger partial charge in [0.25, 0.3) is 0 Å². The van der Waals surface area contributed by atoms with Crippen molar-refractivity contribution in [2.45, 2.75) is 19.9 Å². The van der Waals surface area contributed by atoms with Crippen molar-refractivity contribution in [1.82, 2.24) is 14.3 Å². The number of aryl methyl sites for hydroxylation is 1. The van der Waals surface area contributed by atoms with Gasteiger partial charge in [-0.2, -0.15) is 4.37 Å². The van der Waals surface area contributed by atoms with E-state index in [1.165, 1.54) is 18.5 Å². The summed E-state index contributed by atoms with van der Waals surface area (Å²) in [5.41, 5.74) is 1.59. The van der Waals surface area contributed by atoms with Gasteiger partial charge in [-0.1, -0.05) is 0 Å². The van der Waals surface area contributed by atoms with Gasteiger partial charge in [0.05, 0.1) is 16.6 Å². The fourth-order valence-electron chi connectivity index (χ4n) is 1.18. The first-order valence-electron chi connectivity index (χ1n) is 4.66. The number of rotatable bonds is 3. The van der Waals surface area contributed by atoms with Crippen LogP contribution in [0, 0.1) is 6.92 Å². The largest absolute Gasteiger partial charge is 0.480 e. The zero-order valence-corrected chi connectivity index (χ0v) is 9.58. The molecule has 0 amide bonds. The third-order valence-electron chi connectivity index (χ3n) is 2.09. The molecular weight excluding hydrogens is 228 g/mol. The van der Waals surface area contributed by atoms with Crippen LogP contribution >= 0.6 is 11.5 Å². The van der Waals surface area contributed by atoms with Crippen LogP contribution in [-0.4, -0.2) is 31.5 Å². The van der Waals surface area contributed by atoms with E-state index in [0.29, 0.717) is 5.95 Å². The zero-order valence-electron chi connectivity index (χ0n) is 8.76. The fourth-order valence-corrected chi connectivity index (χ4v) is 1.88. The van der Waals surface area contributed by atoms with Crippen LogP contribution in [0.3, 0.4) is 0 Å². The summed E-state index contributed by atoms with van der Waals surface area (Å²) in [5.74, 6) is -0.630. The van der Waals surface area contributed by atoms with E-state index in [1.54, 1.807) is 6.20 Å². The van der Waals surface area contributed by atoms with Crippen LogP contribution in [0.1, 0.15) is 12.6 Å². The molecule has 0 saturated heterocycles. The molecule has 1 atom stereocenters. The Morgan fingerprint density at radius 1 is 1.62 bits per heavy atom. The van der Waals surface area contributed by atoms with Crippen molar-refractivity contribution in [3.05, 3.63) is 11.9 Å². The Hall–Kier alpha value is -1.76. The summed E-state index contributed by atoms with van der Waals surface area (Å²) < 4.78 is 5.04. The lowest BCUT2D eigenvalue weighted by atomic mass is 10.3. The summed E-state index contributed by atoms with van der Waals surface area (Å²) >= 11 is 1.33. The van der Waals surface area contributed by atoms with Gasteiger partial charge in [-0.25, -0.2) is 9.97 Å². The maximum Gasteiger partial charge on any atom is 0.325 e. The Morgan fingerprint density at radius 2 is 2.38 bits per heavy atom. The van der Waals surface area contributed by atoms with Crippen LogP contribution in [0.4, 0.5) is 5.95 Å². The number of carboxylic acid groups (broad SMARTS) is 1. The molecule has 2 aromatic heterocycles. The smallest absolute Gasteiger partial charge is 0.325 e. The first-order valence-corrected chi connectivity index (χ1v) is 5.43. The minimum Gasteiger partial charge on any atom is -0.480 e. The lowest BCUT2D eigenvalue weighted by molar-refractivity contribution is -0.137. The van der Waals surface area contributed by atoms with E-state index in [2.05, 4.69) is 19.7 Å². The van der Waals surface area contributed by atoms with Crippen molar-refractivity contribution in [1.29, 1.82) is 0 Å². The van der Waals surface area contributed by atoms with Gasteiger partial charge in [-0.3, -0.25) is 4.79 Å². The van der Waals surface area contributed by atoms with Gasteiger partial charge in [0, 0.05) is 0 Å². The Bertz CT molecular complexity index is 539. The van der Waals surface area contributed by atoms with Crippen LogP contribution in [0.2, 0.25) is 0 Å². The van der Waals surface area contributed by atoms with Crippen molar-refractivity contribution >= 4 is 33.7 Å². The monoisotopic (exact) mass is 238 g/mol. The molecule has 6 nitrogen and oxygen atoms in total. The average Bonchev–Trinajstić information content (AvgIpc) is 2.60. The summed E-state index contributed by atoms with van der Waals surface area (Å²) in [6.45, 7) is 3.39. The molecule has 0 aromatic carbocycles. The number of fused-ring (bicyclic) bond motifs is 1. The third-order valence-corrected chi connectivity index (χ3v) is 2.96. The number of aromatic nitrogens is 3. The molecule has 0 spiro atoms. The molecule has 2 N–H and O–H groups in total. The number of nitrogens with one attached hydrogen (secondary N) is 1. The van der Waals surface area contributed by atoms with E-state index >= 15 is 0 Å². The number of carbonyl (C=O) groups is 1. The molecule has 2 heterocycles. The average molecular weight is 238 g/mol. The quantitative estimate of drug-likeness (QED) is 0.837. The maximum atomic E-state index is 10.7. The number of aliphatic carboxylic acids is 1. The Balaban J connectivity index is 2.32. The number of hydrogen-bond acceptors (Lipinski definition) is 6. The Morgan fingerprint density at radius 3 is 3.06 bits per heavy atom.